The molecule has 0 heterocycles. The predicted molar refractivity (Wildman–Crippen MR) is 165 cm³/mol. The Bertz CT molecular complexity index is 1520. The summed E-state index contributed by atoms with van der Waals surface area (Å²) in [5.41, 5.74) is 2.58. The van der Waals surface area contributed by atoms with Crippen LogP contribution in [0.4, 0.5) is 11.4 Å². The first-order chi connectivity index (χ1) is 20.3. The van der Waals surface area contributed by atoms with Gasteiger partial charge in [-0.3, -0.25) is 0 Å². The van der Waals surface area contributed by atoms with Crippen molar-refractivity contribution in [1.29, 1.82) is 0 Å². The summed E-state index contributed by atoms with van der Waals surface area (Å²) in [5, 5.41) is 0. The van der Waals surface area contributed by atoms with E-state index in [0.29, 0.717) is 33.6 Å². The second-order valence-electron chi connectivity index (χ2n) is 8.90. The number of nitrogens with zero attached hydrogens (tertiary/aromatic N) is 2. The van der Waals surface area contributed by atoms with Crippen molar-refractivity contribution in [3.05, 3.63) is 119 Å². The second-order valence-corrected chi connectivity index (χ2v) is 15.1. The van der Waals surface area contributed by atoms with E-state index in [1.807, 2.05) is 36.4 Å². The minimum absolute atomic E-state index is 0.152. The number of para-hydroxylation sites is 2. The van der Waals surface area contributed by atoms with Crippen LogP contribution in [0.15, 0.2) is 97.1 Å². The van der Waals surface area contributed by atoms with Gasteiger partial charge in [-0.2, -0.15) is 0 Å². The summed E-state index contributed by atoms with van der Waals surface area (Å²) < 4.78 is 11.6. The molecule has 0 aromatic heterocycles. The molecular formula is C32H28N2O6Se2. The van der Waals surface area contributed by atoms with Crippen LogP contribution in [0.1, 0.15) is 41.4 Å². The summed E-state index contributed by atoms with van der Waals surface area (Å²) in [7, 11) is 5.88. The van der Waals surface area contributed by atoms with Crippen LogP contribution in [0.2, 0.25) is 0 Å². The summed E-state index contributed by atoms with van der Waals surface area (Å²) in [6, 6.07) is 28.4. The Labute approximate surface area is 255 Å². The van der Waals surface area contributed by atoms with E-state index < -0.39 is 11.9 Å². The van der Waals surface area contributed by atoms with Gasteiger partial charge < -0.3 is 0 Å². The quantitative estimate of drug-likeness (QED) is 0.198. The third kappa shape index (κ3) is 6.64. The molecule has 0 aliphatic heterocycles. The molecule has 0 aliphatic rings. The molecular weight excluding hydrogens is 666 g/mol. The van der Waals surface area contributed by atoms with E-state index in [1.54, 1.807) is 74.8 Å². The van der Waals surface area contributed by atoms with Gasteiger partial charge in [-0.1, -0.05) is 0 Å². The van der Waals surface area contributed by atoms with E-state index in [0.717, 1.165) is 8.92 Å². The molecule has 0 aliphatic carbocycles. The zero-order valence-electron chi connectivity index (χ0n) is 23.4. The zero-order valence-corrected chi connectivity index (χ0v) is 26.8. The average molecular weight is 695 g/mol. The van der Waals surface area contributed by atoms with Gasteiger partial charge in [0.1, 0.15) is 0 Å². The van der Waals surface area contributed by atoms with Crippen LogP contribution in [0, 0.1) is 0 Å². The van der Waals surface area contributed by atoms with E-state index in [-0.39, 0.29) is 38.1 Å². The predicted octanol–water partition coefficient (Wildman–Crippen LogP) is 3.09. The van der Waals surface area contributed by atoms with Gasteiger partial charge in [0.05, 0.1) is 0 Å². The maximum atomic E-state index is 13.7. The molecule has 0 spiro atoms. The van der Waals surface area contributed by atoms with Crippen LogP contribution in [-0.2, 0) is 9.47 Å². The van der Waals surface area contributed by atoms with Crippen molar-refractivity contribution >= 4 is 70.3 Å². The zero-order chi connectivity index (χ0) is 30.2. The van der Waals surface area contributed by atoms with Crippen molar-refractivity contribution in [2.24, 2.45) is 0 Å². The van der Waals surface area contributed by atoms with Gasteiger partial charge in [0.2, 0.25) is 0 Å². The average Bonchev–Trinajstić information content (AvgIpc) is 3.05. The number of hydrogen-bond acceptors (Lipinski definition) is 6. The molecule has 0 N–H and O–H groups in total. The molecule has 214 valence electrons. The number of ether oxygens (including phenoxy) is 2. The van der Waals surface area contributed by atoms with Gasteiger partial charge in [-0.15, -0.1) is 0 Å². The molecule has 0 fully saturated rings. The molecule has 8 nitrogen and oxygen atoms in total. The van der Waals surface area contributed by atoms with Crippen LogP contribution in [-0.4, -0.2) is 78.3 Å². The molecule has 0 saturated carbocycles. The summed E-state index contributed by atoms with van der Waals surface area (Å²) in [4.78, 5) is 54.9. The van der Waals surface area contributed by atoms with Gasteiger partial charge in [0.25, 0.3) is 0 Å². The second kappa shape index (κ2) is 14.1. The fraction of sp³-hybridized carbons (Fsp3) is 0.125. The van der Waals surface area contributed by atoms with Gasteiger partial charge in [-0.25, -0.2) is 0 Å². The first kappa shape index (κ1) is 30.8. The van der Waals surface area contributed by atoms with Crippen molar-refractivity contribution in [2.75, 3.05) is 38.1 Å². The molecule has 2 amide bonds. The summed E-state index contributed by atoms with van der Waals surface area (Å²) in [6.45, 7) is 0. The summed E-state index contributed by atoms with van der Waals surface area (Å²) in [6.07, 6.45) is 0. The van der Waals surface area contributed by atoms with Gasteiger partial charge >= 0.3 is 256 Å². The summed E-state index contributed by atoms with van der Waals surface area (Å²) >= 11 is -0.304. The van der Waals surface area contributed by atoms with Gasteiger partial charge in [-0.05, 0) is 0 Å². The number of carbonyl (C=O) groups is 4. The van der Waals surface area contributed by atoms with Gasteiger partial charge in [0.15, 0.2) is 0 Å². The molecule has 0 bridgehead atoms. The van der Waals surface area contributed by atoms with Crippen LogP contribution >= 0.6 is 0 Å². The van der Waals surface area contributed by atoms with Crippen LogP contribution in [0.25, 0.3) is 0 Å². The number of amides is 2. The standard InChI is InChI=1S/C32H28N2O6Se2/c1-33(25-17-9-5-13-21(25)31(37)39-3)29(35)23-15-7-11-19-27(23)41-42-28-20-12-8-16-24(28)30(36)34(2)26-18-10-6-14-22(26)32(38)40-4/h5-20H,1-4H3. The molecule has 0 saturated heterocycles. The maximum absolute atomic E-state index is 13.7. The Balaban J connectivity index is 1.59. The minimum atomic E-state index is -0.522. The van der Waals surface area contributed by atoms with E-state index in [4.69, 9.17) is 9.47 Å². The van der Waals surface area contributed by atoms with E-state index >= 15 is 0 Å². The molecule has 4 aromatic carbocycles. The first-order valence-electron chi connectivity index (χ1n) is 12.7. The Morgan fingerprint density at radius 2 is 0.810 bits per heavy atom. The van der Waals surface area contributed by atoms with E-state index in [1.165, 1.54) is 24.0 Å². The van der Waals surface area contributed by atoms with Gasteiger partial charge in [0, 0.05) is 0 Å². The van der Waals surface area contributed by atoms with Crippen molar-refractivity contribution in [3.63, 3.8) is 0 Å². The SMILES string of the molecule is COC(=O)c1ccccc1N(C)C(=O)c1ccccc1[Se][Se]c1ccccc1C(=O)N(C)c1ccccc1C(=O)OC. The number of anilines is 2. The van der Waals surface area contributed by atoms with Crippen LogP contribution in [0.5, 0.6) is 0 Å². The monoisotopic (exact) mass is 696 g/mol. The first-order valence-corrected chi connectivity index (χ1v) is 18.8. The fourth-order valence-electron chi connectivity index (χ4n) is 4.20. The van der Waals surface area contributed by atoms with Crippen LogP contribution < -0.4 is 18.7 Å². The normalized spacial score (nSPS) is 10.5. The number of carbonyl (C=O) groups excluding carboxylic acids is 4. The number of benzene rings is 4. The van der Waals surface area contributed by atoms with Crippen molar-refractivity contribution < 1.29 is 28.7 Å². The number of hydrogen-bond donors (Lipinski definition) is 0. The molecule has 0 unspecified atom stereocenters. The molecule has 10 heteroatoms. The molecule has 4 rings (SSSR count). The Morgan fingerprint density at radius 1 is 0.500 bits per heavy atom. The molecule has 4 aromatic rings. The Kier molecular flexibility index (Phi) is 10.3. The molecule has 0 radical (unpaired) electrons. The topological polar surface area (TPSA) is 93.2 Å². The van der Waals surface area contributed by atoms with Crippen LogP contribution in [0.3, 0.4) is 0 Å². The van der Waals surface area contributed by atoms with Crippen molar-refractivity contribution in [1.82, 2.24) is 0 Å². The Hall–Kier alpha value is -4.20. The van der Waals surface area contributed by atoms with E-state index in [2.05, 4.69) is 0 Å². The number of esters is 2. The molecule has 0 atom stereocenters. The Morgan fingerprint density at radius 3 is 1.17 bits per heavy atom. The fourth-order valence-corrected chi connectivity index (χ4v) is 11.3. The number of rotatable bonds is 9. The third-order valence-electron chi connectivity index (χ3n) is 6.41. The van der Waals surface area contributed by atoms with Crippen molar-refractivity contribution in [3.8, 4) is 0 Å². The number of methoxy groups -OCH3 is 2. The summed E-state index contributed by atoms with van der Waals surface area (Å²) in [5.74, 6) is -1.54. The molecule has 42 heavy (non-hydrogen) atoms. The van der Waals surface area contributed by atoms with Crippen molar-refractivity contribution in [2.45, 2.75) is 0 Å². The third-order valence-corrected chi connectivity index (χ3v) is 13.7. The van der Waals surface area contributed by atoms with E-state index in [9.17, 15) is 19.2 Å².